The monoisotopic (exact) mass is 288 g/mol. The van der Waals surface area contributed by atoms with Crippen molar-refractivity contribution in [3.8, 4) is 0 Å². The van der Waals surface area contributed by atoms with E-state index in [1.807, 2.05) is 13.8 Å². The fourth-order valence-electron chi connectivity index (χ4n) is 1.80. The summed E-state index contributed by atoms with van der Waals surface area (Å²) in [6.45, 7) is 20.3. The van der Waals surface area contributed by atoms with E-state index in [0.29, 0.717) is 11.1 Å². The maximum Gasteiger partial charge on any atom is 0.192 e. The lowest BCUT2D eigenvalue weighted by atomic mass is 10.1. The molecule has 0 saturated heterocycles. The molecule has 19 heavy (non-hydrogen) atoms. The molecule has 0 radical (unpaired) electrons. The van der Waals surface area contributed by atoms with E-state index < -0.39 is 8.32 Å². The molecule has 2 heteroatoms. The van der Waals surface area contributed by atoms with Crippen LogP contribution in [0, 0.1) is 0 Å². The van der Waals surface area contributed by atoms with Crippen LogP contribution in [0.25, 0.3) is 0 Å². The average molecular weight is 289 g/mol. The van der Waals surface area contributed by atoms with Crippen LogP contribution < -0.4 is 0 Å². The molecule has 0 aliphatic carbocycles. The van der Waals surface area contributed by atoms with Crippen LogP contribution in [0.3, 0.4) is 0 Å². The molecule has 0 fully saturated rings. The summed E-state index contributed by atoms with van der Waals surface area (Å²) in [5.41, 5.74) is 0. The van der Waals surface area contributed by atoms with Gasteiger partial charge in [0.1, 0.15) is 0 Å². The molecule has 0 aromatic heterocycles. The number of rotatable bonds is 8. The van der Waals surface area contributed by atoms with Crippen molar-refractivity contribution in [3.05, 3.63) is 0 Å². The molecule has 0 spiro atoms. The summed E-state index contributed by atoms with van der Waals surface area (Å²) in [5.74, 6) is 0. The standard InChI is InChI=1S/C15H34OSi.C2H6/c1-8-10-11-13-14(12-9-2)16-17(6,7)15(3,4)5;1-2/h14H,8-13H2,1-7H3;1-2H3/t14-;/m1./s1. The minimum absolute atomic E-state index is 0.337. The van der Waals surface area contributed by atoms with E-state index in [1.54, 1.807) is 0 Å². The summed E-state index contributed by atoms with van der Waals surface area (Å²) in [4.78, 5) is 0. The van der Waals surface area contributed by atoms with Crippen molar-refractivity contribution in [3.63, 3.8) is 0 Å². The van der Waals surface area contributed by atoms with E-state index in [1.165, 1.54) is 38.5 Å². The Morgan fingerprint density at radius 2 is 1.42 bits per heavy atom. The lowest BCUT2D eigenvalue weighted by molar-refractivity contribution is 0.157. The zero-order valence-corrected chi connectivity index (χ0v) is 16.2. The largest absolute Gasteiger partial charge is 0.414 e. The van der Waals surface area contributed by atoms with Crippen molar-refractivity contribution in [2.24, 2.45) is 0 Å². The second kappa shape index (κ2) is 10.9. The molecule has 1 atom stereocenters. The van der Waals surface area contributed by atoms with Gasteiger partial charge in [-0.25, -0.2) is 0 Å². The van der Waals surface area contributed by atoms with Crippen LogP contribution >= 0.6 is 0 Å². The summed E-state index contributed by atoms with van der Waals surface area (Å²) >= 11 is 0. The third-order valence-corrected chi connectivity index (χ3v) is 8.54. The van der Waals surface area contributed by atoms with Gasteiger partial charge in [-0.1, -0.05) is 74.1 Å². The smallest absolute Gasteiger partial charge is 0.192 e. The molecule has 0 aliphatic heterocycles. The second-order valence-corrected chi connectivity index (χ2v) is 11.5. The minimum Gasteiger partial charge on any atom is -0.414 e. The molecule has 0 saturated carbocycles. The quantitative estimate of drug-likeness (QED) is 0.353. The van der Waals surface area contributed by atoms with Crippen LogP contribution in [-0.2, 0) is 4.43 Å². The fraction of sp³-hybridized carbons (Fsp3) is 1.00. The topological polar surface area (TPSA) is 9.23 Å². The summed E-state index contributed by atoms with van der Waals surface area (Å²) in [6, 6.07) is 0. The van der Waals surface area contributed by atoms with Crippen LogP contribution in [0.15, 0.2) is 0 Å². The number of unbranched alkanes of at least 4 members (excludes halogenated alkanes) is 2. The van der Waals surface area contributed by atoms with E-state index in [2.05, 4.69) is 47.7 Å². The Balaban J connectivity index is 0. The molecule has 0 bridgehead atoms. The third-order valence-electron chi connectivity index (χ3n) is 4.01. The van der Waals surface area contributed by atoms with Crippen LogP contribution in [-0.4, -0.2) is 14.4 Å². The predicted molar refractivity (Wildman–Crippen MR) is 92.5 cm³/mol. The van der Waals surface area contributed by atoms with Crippen LogP contribution in [0.4, 0.5) is 0 Å². The zero-order valence-electron chi connectivity index (χ0n) is 15.2. The molecule has 0 unspecified atom stereocenters. The van der Waals surface area contributed by atoms with Gasteiger partial charge in [-0.3, -0.25) is 0 Å². The van der Waals surface area contributed by atoms with Crippen LogP contribution in [0.5, 0.6) is 0 Å². The van der Waals surface area contributed by atoms with Gasteiger partial charge in [-0.05, 0) is 31.0 Å². The third kappa shape index (κ3) is 9.67. The molecule has 1 nitrogen and oxygen atoms in total. The Bertz CT molecular complexity index is 194. The average Bonchev–Trinajstić information content (AvgIpc) is 2.30. The summed E-state index contributed by atoms with van der Waals surface area (Å²) in [5, 5.41) is 0.337. The van der Waals surface area contributed by atoms with E-state index in [9.17, 15) is 0 Å². The molecule has 0 aliphatic rings. The molecular weight excluding hydrogens is 248 g/mol. The summed E-state index contributed by atoms with van der Waals surface area (Å²) in [7, 11) is -1.57. The van der Waals surface area contributed by atoms with Gasteiger partial charge in [0, 0.05) is 6.10 Å². The lowest BCUT2D eigenvalue weighted by Gasteiger charge is -2.39. The normalized spacial score (nSPS) is 13.7. The molecule has 118 valence electrons. The van der Waals surface area contributed by atoms with Crippen molar-refractivity contribution < 1.29 is 4.43 Å². The second-order valence-electron chi connectivity index (χ2n) is 6.78. The van der Waals surface area contributed by atoms with E-state index in [4.69, 9.17) is 4.43 Å². The maximum absolute atomic E-state index is 6.53. The summed E-state index contributed by atoms with van der Waals surface area (Å²) < 4.78 is 6.53. The Morgan fingerprint density at radius 1 is 0.895 bits per heavy atom. The molecular formula is C17H40OSi. The first-order valence-corrected chi connectivity index (χ1v) is 11.3. The van der Waals surface area contributed by atoms with Gasteiger partial charge >= 0.3 is 0 Å². The predicted octanol–water partition coefficient (Wildman–Crippen LogP) is 6.78. The molecule has 0 rings (SSSR count). The highest BCUT2D eigenvalue weighted by Gasteiger charge is 2.38. The number of hydrogen-bond donors (Lipinski definition) is 0. The van der Waals surface area contributed by atoms with Crippen LogP contribution in [0.1, 0.15) is 87.0 Å². The van der Waals surface area contributed by atoms with Gasteiger partial charge in [0.2, 0.25) is 0 Å². The van der Waals surface area contributed by atoms with Gasteiger partial charge in [0.05, 0.1) is 0 Å². The highest BCUT2D eigenvalue weighted by Crippen LogP contribution is 2.38. The van der Waals surface area contributed by atoms with Crippen molar-refractivity contribution >= 4 is 8.32 Å². The van der Waals surface area contributed by atoms with E-state index in [0.717, 1.165) is 0 Å². The fourth-order valence-corrected chi connectivity index (χ4v) is 3.22. The highest BCUT2D eigenvalue weighted by atomic mass is 28.4. The minimum atomic E-state index is -1.57. The molecule has 0 N–H and O–H groups in total. The maximum atomic E-state index is 6.53. The Hall–Kier alpha value is 0.177. The molecule has 0 aromatic rings. The van der Waals surface area contributed by atoms with Gasteiger partial charge in [-0.15, -0.1) is 0 Å². The van der Waals surface area contributed by atoms with Gasteiger partial charge in [0.15, 0.2) is 8.32 Å². The number of hydrogen-bond acceptors (Lipinski definition) is 1. The molecule has 0 aromatic carbocycles. The van der Waals surface area contributed by atoms with Crippen LogP contribution in [0.2, 0.25) is 18.1 Å². The Kier molecular flexibility index (Phi) is 12.3. The highest BCUT2D eigenvalue weighted by molar-refractivity contribution is 6.74. The van der Waals surface area contributed by atoms with Gasteiger partial charge in [-0.2, -0.15) is 0 Å². The molecule has 0 amide bonds. The lowest BCUT2D eigenvalue weighted by Crippen LogP contribution is -2.43. The van der Waals surface area contributed by atoms with Gasteiger partial charge in [0.25, 0.3) is 0 Å². The van der Waals surface area contributed by atoms with Crippen molar-refractivity contribution in [1.82, 2.24) is 0 Å². The Morgan fingerprint density at radius 3 is 1.79 bits per heavy atom. The van der Waals surface area contributed by atoms with Crippen molar-refractivity contribution in [1.29, 1.82) is 0 Å². The van der Waals surface area contributed by atoms with Crippen molar-refractivity contribution in [2.45, 2.75) is 111 Å². The van der Waals surface area contributed by atoms with Crippen molar-refractivity contribution in [2.75, 3.05) is 0 Å². The first-order chi connectivity index (χ1) is 8.74. The van der Waals surface area contributed by atoms with E-state index >= 15 is 0 Å². The first kappa shape index (κ1) is 21.5. The van der Waals surface area contributed by atoms with E-state index in [-0.39, 0.29) is 0 Å². The molecule has 0 heterocycles. The Labute approximate surface area is 124 Å². The van der Waals surface area contributed by atoms with Gasteiger partial charge < -0.3 is 4.43 Å². The first-order valence-electron chi connectivity index (χ1n) is 8.42. The summed E-state index contributed by atoms with van der Waals surface area (Å²) in [6.07, 6.45) is 8.22. The zero-order chi connectivity index (χ0) is 15.5. The SMILES string of the molecule is CC.CCCCC[C@@H](CCC)O[Si](C)(C)C(C)(C)C.